The Morgan fingerprint density at radius 1 is 1.42 bits per heavy atom. The summed E-state index contributed by atoms with van der Waals surface area (Å²) < 4.78 is 5.32. The summed E-state index contributed by atoms with van der Waals surface area (Å²) in [4.78, 5) is 10.2. The van der Waals surface area contributed by atoms with Gasteiger partial charge in [-0.1, -0.05) is 23.2 Å². The van der Waals surface area contributed by atoms with Crippen LogP contribution in [-0.4, -0.2) is 37.3 Å². The van der Waals surface area contributed by atoms with Gasteiger partial charge in [0.25, 0.3) is 5.69 Å². The number of nitrogens with zero attached hydrogens (tertiary/aromatic N) is 1. The molecule has 0 aromatic heterocycles. The number of ether oxygens (including phenoxy) is 1. The fourth-order valence-electron chi connectivity index (χ4n) is 2.03. The van der Waals surface area contributed by atoms with E-state index in [0.29, 0.717) is 12.2 Å². The number of hydrogen-bond acceptors (Lipinski definition) is 5. The van der Waals surface area contributed by atoms with Crippen molar-refractivity contribution in [3.05, 3.63) is 32.3 Å². The van der Waals surface area contributed by atoms with E-state index in [1.54, 1.807) is 7.11 Å². The summed E-state index contributed by atoms with van der Waals surface area (Å²) >= 11 is 12.1. The maximum Gasteiger partial charge on any atom is 0.272 e. The van der Waals surface area contributed by atoms with E-state index in [-0.39, 0.29) is 27.9 Å². The van der Waals surface area contributed by atoms with Crippen molar-refractivity contribution in [2.24, 2.45) is 0 Å². The first kappa shape index (κ1) is 14.3. The van der Waals surface area contributed by atoms with Crippen LogP contribution in [-0.2, 0) is 4.74 Å². The molecule has 1 unspecified atom stereocenters. The molecule has 0 spiro atoms. The monoisotopic (exact) mass is 305 g/mol. The Labute approximate surface area is 120 Å². The summed E-state index contributed by atoms with van der Waals surface area (Å²) in [6.45, 7) is 1.44. The lowest BCUT2D eigenvalue weighted by Crippen LogP contribution is -2.33. The first-order chi connectivity index (χ1) is 9.02. The second-order valence-electron chi connectivity index (χ2n) is 4.22. The van der Waals surface area contributed by atoms with Gasteiger partial charge in [-0.25, -0.2) is 0 Å². The molecule has 8 heteroatoms. The minimum atomic E-state index is -0.531. The number of anilines is 1. The van der Waals surface area contributed by atoms with Gasteiger partial charge in [0.05, 0.1) is 32.8 Å². The van der Waals surface area contributed by atoms with E-state index in [1.165, 1.54) is 12.1 Å². The predicted molar refractivity (Wildman–Crippen MR) is 74.2 cm³/mol. The van der Waals surface area contributed by atoms with Gasteiger partial charge in [-0.2, -0.15) is 0 Å². The second kappa shape index (κ2) is 5.92. The normalized spacial score (nSPS) is 22.5. The van der Waals surface area contributed by atoms with Crippen molar-refractivity contribution in [1.82, 2.24) is 5.32 Å². The standard InChI is InChI=1S/C11H13Cl2N3O3/c1-19-10-5-14-4-9(10)15-11-7(12)2-6(16(17)18)3-8(11)13/h2-3,9-10,14-15H,4-5H2,1H3/t9?,10-/m0/s1. The first-order valence-electron chi connectivity index (χ1n) is 5.66. The van der Waals surface area contributed by atoms with Crippen molar-refractivity contribution in [3.63, 3.8) is 0 Å². The smallest absolute Gasteiger partial charge is 0.272 e. The highest BCUT2D eigenvalue weighted by atomic mass is 35.5. The molecule has 2 rings (SSSR count). The lowest BCUT2D eigenvalue weighted by molar-refractivity contribution is -0.384. The Kier molecular flexibility index (Phi) is 4.46. The predicted octanol–water partition coefficient (Wildman–Crippen LogP) is 2.30. The Balaban J connectivity index is 2.23. The number of benzene rings is 1. The summed E-state index contributed by atoms with van der Waals surface area (Å²) in [6, 6.07) is 2.57. The number of nitro benzene ring substituents is 1. The minimum Gasteiger partial charge on any atom is -0.378 e. The van der Waals surface area contributed by atoms with Crippen LogP contribution in [0.25, 0.3) is 0 Å². The van der Waals surface area contributed by atoms with Crippen LogP contribution < -0.4 is 10.6 Å². The topological polar surface area (TPSA) is 76.4 Å². The number of halogens is 2. The zero-order valence-electron chi connectivity index (χ0n) is 10.2. The van der Waals surface area contributed by atoms with Crippen molar-refractivity contribution in [2.45, 2.75) is 12.1 Å². The molecule has 1 aromatic rings. The second-order valence-corrected chi connectivity index (χ2v) is 5.04. The molecule has 0 radical (unpaired) electrons. The van der Waals surface area contributed by atoms with E-state index in [4.69, 9.17) is 27.9 Å². The highest BCUT2D eigenvalue weighted by Crippen LogP contribution is 2.35. The molecule has 0 amide bonds. The van der Waals surface area contributed by atoms with Crippen molar-refractivity contribution in [2.75, 3.05) is 25.5 Å². The van der Waals surface area contributed by atoms with E-state index < -0.39 is 4.92 Å². The SMILES string of the molecule is CO[C@H]1CNCC1Nc1c(Cl)cc([N+](=O)[O-])cc1Cl. The summed E-state index contributed by atoms with van der Waals surface area (Å²) in [5.41, 5.74) is 0.359. The van der Waals surface area contributed by atoms with E-state index in [0.717, 1.165) is 6.54 Å². The molecule has 1 aliphatic heterocycles. The molecule has 2 N–H and O–H groups in total. The number of non-ortho nitro benzene ring substituents is 1. The van der Waals surface area contributed by atoms with Crippen LogP contribution in [0.5, 0.6) is 0 Å². The molecule has 104 valence electrons. The number of methoxy groups -OCH3 is 1. The summed E-state index contributed by atoms with van der Waals surface area (Å²) in [5.74, 6) is 0. The van der Waals surface area contributed by atoms with Crippen LogP contribution in [0.4, 0.5) is 11.4 Å². The third-order valence-corrected chi connectivity index (χ3v) is 3.62. The van der Waals surface area contributed by atoms with Crippen molar-refractivity contribution in [3.8, 4) is 0 Å². The van der Waals surface area contributed by atoms with E-state index in [2.05, 4.69) is 10.6 Å². The molecule has 2 atom stereocenters. The van der Waals surface area contributed by atoms with Crippen LogP contribution in [0.3, 0.4) is 0 Å². The average Bonchev–Trinajstić information content (AvgIpc) is 2.80. The highest BCUT2D eigenvalue weighted by molar-refractivity contribution is 6.39. The molecular weight excluding hydrogens is 293 g/mol. The highest BCUT2D eigenvalue weighted by Gasteiger charge is 2.28. The Bertz CT molecular complexity index is 475. The minimum absolute atomic E-state index is 0.00215. The molecule has 1 heterocycles. The van der Waals surface area contributed by atoms with Crippen LogP contribution in [0, 0.1) is 10.1 Å². The van der Waals surface area contributed by atoms with Crippen molar-refractivity contribution < 1.29 is 9.66 Å². The summed E-state index contributed by atoms with van der Waals surface area (Å²) in [5, 5.41) is 17.5. The molecule has 0 saturated carbocycles. The van der Waals surface area contributed by atoms with Crippen LogP contribution in [0.15, 0.2) is 12.1 Å². The zero-order chi connectivity index (χ0) is 14.0. The first-order valence-corrected chi connectivity index (χ1v) is 6.42. The molecule has 1 fully saturated rings. The largest absolute Gasteiger partial charge is 0.378 e. The Morgan fingerprint density at radius 3 is 2.58 bits per heavy atom. The van der Waals surface area contributed by atoms with Gasteiger partial charge < -0.3 is 15.4 Å². The van der Waals surface area contributed by atoms with Crippen molar-refractivity contribution in [1.29, 1.82) is 0 Å². The fraction of sp³-hybridized carbons (Fsp3) is 0.455. The maximum atomic E-state index is 10.7. The van der Waals surface area contributed by atoms with Crippen LogP contribution in [0.2, 0.25) is 10.0 Å². The fourth-order valence-corrected chi connectivity index (χ4v) is 2.62. The van der Waals surface area contributed by atoms with Crippen LogP contribution in [0.1, 0.15) is 0 Å². The molecular formula is C11H13Cl2N3O3. The quantitative estimate of drug-likeness (QED) is 0.659. The molecule has 1 aliphatic rings. The van der Waals surface area contributed by atoms with Gasteiger partial charge in [0.15, 0.2) is 0 Å². The van der Waals surface area contributed by atoms with Gasteiger partial charge in [0.2, 0.25) is 0 Å². The van der Waals surface area contributed by atoms with Gasteiger partial charge in [0.1, 0.15) is 0 Å². The molecule has 19 heavy (non-hydrogen) atoms. The molecule has 1 aromatic carbocycles. The van der Waals surface area contributed by atoms with Gasteiger partial charge >= 0.3 is 0 Å². The molecule has 1 saturated heterocycles. The zero-order valence-corrected chi connectivity index (χ0v) is 11.7. The average molecular weight is 306 g/mol. The van der Waals surface area contributed by atoms with E-state index in [9.17, 15) is 10.1 Å². The number of nitro groups is 1. The Morgan fingerprint density at radius 2 is 2.05 bits per heavy atom. The van der Waals surface area contributed by atoms with Gasteiger partial charge in [-0.15, -0.1) is 0 Å². The number of rotatable bonds is 4. The van der Waals surface area contributed by atoms with E-state index >= 15 is 0 Å². The molecule has 0 bridgehead atoms. The molecule has 0 aliphatic carbocycles. The third-order valence-electron chi connectivity index (χ3n) is 3.03. The molecule has 6 nitrogen and oxygen atoms in total. The lowest BCUT2D eigenvalue weighted by atomic mass is 10.2. The van der Waals surface area contributed by atoms with Crippen molar-refractivity contribution >= 4 is 34.6 Å². The van der Waals surface area contributed by atoms with Gasteiger partial charge in [-0.05, 0) is 0 Å². The van der Waals surface area contributed by atoms with Gasteiger partial charge in [-0.3, -0.25) is 10.1 Å². The summed E-state index contributed by atoms with van der Waals surface area (Å²) in [6.07, 6.45) is 0.00215. The van der Waals surface area contributed by atoms with Crippen LogP contribution >= 0.6 is 23.2 Å². The van der Waals surface area contributed by atoms with Gasteiger partial charge in [0, 0.05) is 32.3 Å². The summed E-state index contributed by atoms with van der Waals surface area (Å²) in [7, 11) is 1.63. The van der Waals surface area contributed by atoms with E-state index in [1.807, 2.05) is 0 Å². The maximum absolute atomic E-state index is 10.7. The number of nitrogens with one attached hydrogen (secondary N) is 2. The lowest BCUT2D eigenvalue weighted by Gasteiger charge is -2.21. The third kappa shape index (κ3) is 3.09. The number of hydrogen-bond donors (Lipinski definition) is 2. The Hall–Kier alpha value is -1.08.